The number of esters is 1. The van der Waals surface area contributed by atoms with Crippen LogP contribution in [0.15, 0.2) is 36.4 Å². The second-order valence-electron chi connectivity index (χ2n) is 6.00. The lowest BCUT2D eigenvalue weighted by Crippen LogP contribution is -2.39. The average molecular weight is 407 g/mol. The van der Waals surface area contributed by atoms with Gasteiger partial charge < -0.3 is 23.8 Å². The number of halogens is 2. The summed E-state index contributed by atoms with van der Waals surface area (Å²) in [5.41, 5.74) is 0.792. The van der Waals surface area contributed by atoms with Crippen molar-refractivity contribution in [2.45, 2.75) is 20.1 Å². The minimum absolute atomic E-state index is 0.0185. The first-order chi connectivity index (χ1) is 13.9. The standard InChI is InChI=1S/C20H19F2NO6/c1-3-27-19(25)14-8-9-15(29-20(21)22)18-17(14)23(16(24)11-28-18)10-12-4-6-13(26-2)7-5-12/h4-9,20H,3,10-11H2,1-2H3. The summed E-state index contributed by atoms with van der Waals surface area (Å²) in [6, 6.07) is 9.43. The highest BCUT2D eigenvalue weighted by molar-refractivity contribution is 6.07. The number of anilines is 1. The van der Waals surface area contributed by atoms with Crippen molar-refractivity contribution < 1.29 is 37.3 Å². The third-order valence-electron chi connectivity index (χ3n) is 4.22. The van der Waals surface area contributed by atoms with E-state index in [1.54, 1.807) is 31.2 Å². The smallest absolute Gasteiger partial charge is 0.387 e. The lowest BCUT2D eigenvalue weighted by Gasteiger charge is -2.32. The minimum atomic E-state index is -3.09. The van der Waals surface area contributed by atoms with Crippen LogP contribution in [0.5, 0.6) is 17.2 Å². The van der Waals surface area contributed by atoms with E-state index in [4.69, 9.17) is 14.2 Å². The molecule has 0 unspecified atom stereocenters. The summed E-state index contributed by atoms with van der Waals surface area (Å²) >= 11 is 0. The van der Waals surface area contributed by atoms with Crippen molar-refractivity contribution in [2.24, 2.45) is 0 Å². The first-order valence-electron chi connectivity index (χ1n) is 8.79. The minimum Gasteiger partial charge on any atom is -0.497 e. The molecule has 1 aliphatic rings. The predicted octanol–water partition coefficient (Wildman–Crippen LogP) is 3.40. The van der Waals surface area contributed by atoms with Gasteiger partial charge in [-0.15, -0.1) is 0 Å². The number of carbonyl (C=O) groups is 2. The molecule has 3 rings (SSSR count). The van der Waals surface area contributed by atoms with Gasteiger partial charge in [0.2, 0.25) is 0 Å². The van der Waals surface area contributed by atoms with Crippen LogP contribution in [0, 0.1) is 0 Å². The Morgan fingerprint density at radius 1 is 1.21 bits per heavy atom. The summed E-state index contributed by atoms with van der Waals surface area (Å²) < 4.78 is 45.6. The Balaban J connectivity index is 2.07. The van der Waals surface area contributed by atoms with Crippen molar-refractivity contribution in [1.29, 1.82) is 0 Å². The number of ether oxygens (including phenoxy) is 4. The van der Waals surface area contributed by atoms with E-state index in [2.05, 4.69) is 4.74 Å². The van der Waals surface area contributed by atoms with Crippen molar-refractivity contribution in [1.82, 2.24) is 0 Å². The molecule has 29 heavy (non-hydrogen) atoms. The molecule has 0 saturated carbocycles. The van der Waals surface area contributed by atoms with Gasteiger partial charge >= 0.3 is 12.6 Å². The van der Waals surface area contributed by atoms with Gasteiger partial charge in [0.05, 0.1) is 25.8 Å². The van der Waals surface area contributed by atoms with Gasteiger partial charge in [0.1, 0.15) is 11.4 Å². The number of methoxy groups -OCH3 is 1. The monoisotopic (exact) mass is 407 g/mol. The molecule has 0 bridgehead atoms. The highest BCUT2D eigenvalue weighted by Crippen LogP contribution is 2.44. The highest BCUT2D eigenvalue weighted by Gasteiger charge is 2.34. The zero-order valence-corrected chi connectivity index (χ0v) is 15.8. The molecule has 1 aliphatic heterocycles. The van der Waals surface area contributed by atoms with Gasteiger partial charge in [-0.3, -0.25) is 4.79 Å². The normalized spacial score (nSPS) is 13.0. The second kappa shape index (κ2) is 8.76. The lowest BCUT2D eigenvalue weighted by molar-refractivity contribution is -0.121. The van der Waals surface area contributed by atoms with Crippen LogP contribution in [0.3, 0.4) is 0 Å². The zero-order chi connectivity index (χ0) is 21.0. The second-order valence-corrected chi connectivity index (χ2v) is 6.00. The highest BCUT2D eigenvalue weighted by atomic mass is 19.3. The molecule has 0 fully saturated rings. The average Bonchev–Trinajstić information content (AvgIpc) is 2.70. The van der Waals surface area contributed by atoms with Crippen LogP contribution in [0.4, 0.5) is 14.5 Å². The van der Waals surface area contributed by atoms with E-state index in [0.717, 1.165) is 5.56 Å². The number of alkyl halides is 2. The lowest BCUT2D eigenvalue weighted by atomic mass is 10.1. The van der Waals surface area contributed by atoms with Crippen LogP contribution < -0.4 is 19.1 Å². The third-order valence-corrected chi connectivity index (χ3v) is 4.22. The number of benzene rings is 2. The molecule has 0 spiro atoms. The fourth-order valence-electron chi connectivity index (χ4n) is 2.94. The fraction of sp³-hybridized carbons (Fsp3) is 0.300. The van der Waals surface area contributed by atoms with E-state index in [9.17, 15) is 18.4 Å². The van der Waals surface area contributed by atoms with E-state index in [1.165, 1.54) is 24.1 Å². The predicted molar refractivity (Wildman–Crippen MR) is 98.7 cm³/mol. The molecule has 9 heteroatoms. The first kappa shape index (κ1) is 20.4. The Bertz CT molecular complexity index is 901. The molecule has 0 N–H and O–H groups in total. The maximum absolute atomic E-state index is 12.8. The molecule has 1 heterocycles. The molecule has 0 saturated heterocycles. The van der Waals surface area contributed by atoms with E-state index >= 15 is 0 Å². The molecule has 2 aromatic rings. The number of nitrogens with zero attached hydrogens (tertiary/aromatic N) is 1. The number of rotatable bonds is 7. The van der Waals surface area contributed by atoms with Crippen LogP contribution in [-0.4, -0.2) is 38.8 Å². The van der Waals surface area contributed by atoms with E-state index in [-0.39, 0.29) is 42.5 Å². The first-order valence-corrected chi connectivity index (χ1v) is 8.79. The number of amides is 1. The Morgan fingerprint density at radius 3 is 2.55 bits per heavy atom. The molecule has 7 nitrogen and oxygen atoms in total. The van der Waals surface area contributed by atoms with Crippen molar-refractivity contribution in [3.63, 3.8) is 0 Å². The quantitative estimate of drug-likeness (QED) is 0.655. The summed E-state index contributed by atoms with van der Waals surface area (Å²) in [4.78, 5) is 26.3. The van der Waals surface area contributed by atoms with E-state index < -0.39 is 18.5 Å². The molecular formula is C20H19F2NO6. The molecule has 0 aromatic heterocycles. The summed E-state index contributed by atoms with van der Waals surface area (Å²) in [6.45, 7) is -1.64. The van der Waals surface area contributed by atoms with E-state index in [1.807, 2.05) is 0 Å². The zero-order valence-electron chi connectivity index (χ0n) is 15.8. The van der Waals surface area contributed by atoms with Crippen molar-refractivity contribution in [2.75, 3.05) is 25.2 Å². The van der Waals surface area contributed by atoms with Gasteiger partial charge in [-0.2, -0.15) is 8.78 Å². The SMILES string of the molecule is CCOC(=O)c1ccc(OC(F)F)c2c1N(Cc1ccc(OC)cc1)C(=O)CO2. The van der Waals surface area contributed by atoms with E-state index in [0.29, 0.717) is 5.75 Å². The molecule has 1 amide bonds. The Hall–Kier alpha value is -3.36. The van der Waals surface area contributed by atoms with Crippen LogP contribution in [0.2, 0.25) is 0 Å². The van der Waals surface area contributed by atoms with Crippen LogP contribution in [0.25, 0.3) is 0 Å². The molecule has 0 radical (unpaired) electrons. The van der Waals surface area contributed by atoms with Gasteiger partial charge in [0, 0.05) is 0 Å². The van der Waals surface area contributed by atoms with Crippen LogP contribution in [0.1, 0.15) is 22.8 Å². The summed E-state index contributed by atoms with van der Waals surface area (Å²) in [5, 5.41) is 0. The molecule has 0 atom stereocenters. The number of carbonyl (C=O) groups excluding carboxylic acids is 2. The summed E-state index contributed by atoms with van der Waals surface area (Å²) in [6.07, 6.45) is 0. The summed E-state index contributed by atoms with van der Waals surface area (Å²) in [7, 11) is 1.53. The van der Waals surface area contributed by atoms with Gasteiger partial charge in [-0.05, 0) is 36.8 Å². The van der Waals surface area contributed by atoms with Crippen molar-refractivity contribution in [3.8, 4) is 17.2 Å². The Morgan fingerprint density at radius 2 is 1.93 bits per heavy atom. The van der Waals surface area contributed by atoms with Crippen molar-refractivity contribution in [3.05, 3.63) is 47.5 Å². The maximum Gasteiger partial charge on any atom is 0.387 e. The van der Waals surface area contributed by atoms with Crippen molar-refractivity contribution >= 4 is 17.6 Å². The van der Waals surface area contributed by atoms with Gasteiger partial charge in [0.25, 0.3) is 5.91 Å². The van der Waals surface area contributed by atoms with Gasteiger partial charge in [-0.1, -0.05) is 12.1 Å². The number of fused-ring (bicyclic) bond motifs is 1. The summed E-state index contributed by atoms with van der Waals surface area (Å²) in [5.74, 6) is -0.875. The molecule has 154 valence electrons. The van der Waals surface area contributed by atoms with Crippen LogP contribution in [-0.2, 0) is 16.1 Å². The Kier molecular flexibility index (Phi) is 6.16. The van der Waals surface area contributed by atoms with Gasteiger partial charge in [-0.25, -0.2) is 4.79 Å². The Labute approximate surface area is 165 Å². The number of hydrogen-bond donors (Lipinski definition) is 0. The topological polar surface area (TPSA) is 74.3 Å². The fourth-order valence-corrected chi connectivity index (χ4v) is 2.94. The maximum atomic E-state index is 12.8. The largest absolute Gasteiger partial charge is 0.497 e. The van der Waals surface area contributed by atoms with Gasteiger partial charge in [0.15, 0.2) is 18.1 Å². The molecule has 2 aromatic carbocycles. The van der Waals surface area contributed by atoms with Crippen LogP contribution >= 0.6 is 0 Å². The molecule has 0 aliphatic carbocycles. The molecular weight excluding hydrogens is 388 g/mol. The number of hydrogen-bond acceptors (Lipinski definition) is 6. The third kappa shape index (κ3) is 4.39.